The van der Waals surface area contributed by atoms with Gasteiger partial charge in [0.25, 0.3) is 0 Å². The van der Waals surface area contributed by atoms with Crippen molar-refractivity contribution < 1.29 is 0 Å². The quantitative estimate of drug-likeness (QED) is 0.520. The normalized spacial score (nSPS) is 7.67. The Bertz CT molecular complexity index is 300. The molecule has 0 aliphatic rings. The molecule has 0 aliphatic heterocycles. The zero-order valence-electron chi connectivity index (χ0n) is 12.8. The molecule has 0 aliphatic carbocycles. The van der Waals surface area contributed by atoms with Crippen molar-refractivity contribution in [3.63, 3.8) is 0 Å². The fourth-order valence-corrected chi connectivity index (χ4v) is 0.628. The van der Waals surface area contributed by atoms with Gasteiger partial charge in [-0.05, 0) is 38.8 Å². The number of hydrogen-bond acceptors (Lipinski definition) is 2. The summed E-state index contributed by atoms with van der Waals surface area (Å²) in [6, 6.07) is 5.86. The Balaban J connectivity index is -0.000000196. The summed E-state index contributed by atoms with van der Waals surface area (Å²) in [6.07, 6.45) is 5.20. The molecule has 1 aromatic heterocycles. The van der Waals surface area contributed by atoms with Crippen LogP contribution in [0.2, 0.25) is 0 Å². The Morgan fingerprint density at radius 3 is 1.94 bits per heavy atom. The van der Waals surface area contributed by atoms with Crippen molar-refractivity contribution in [1.82, 2.24) is 4.98 Å². The van der Waals surface area contributed by atoms with Crippen LogP contribution in [0.4, 0.5) is 0 Å². The summed E-state index contributed by atoms with van der Waals surface area (Å²) < 4.78 is 0. The van der Waals surface area contributed by atoms with Crippen LogP contribution >= 0.6 is 0 Å². The lowest BCUT2D eigenvalue weighted by molar-refractivity contribution is 1.20. The fraction of sp³-hybridized carbons (Fsp3) is 0.375. The number of aliphatic imine (C=N–C) groups is 1. The minimum Gasteiger partial charge on any atom is -0.273 e. The Hall–Kier alpha value is -1.70. The van der Waals surface area contributed by atoms with Gasteiger partial charge in [0.2, 0.25) is 0 Å². The summed E-state index contributed by atoms with van der Waals surface area (Å²) in [5.74, 6) is 0. The van der Waals surface area contributed by atoms with Gasteiger partial charge in [-0.2, -0.15) is 0 Å². The minimum absolute atomic E-state index is 0.993. The van der Waals surface area contributed by atoms with Gasteiger partial charge in [0.15, 0.2) is 0 Å². The molecule has 0 bridgehead atoms. The summed E-state index contributed by atoms with van der Waals surface area (Å²) in [7, 11) is 0. The van der Waals surface area contributed by atoms with Crippen molar-refractivity contribution in [3.05, 3.63) is 54.5 Å². The second kappa shape index (κ2) is 20.7. The molecule has 2 heteroatoms. The predicted octanol–water partition coefficient (Wildman–Crippen LogP) is 5.22. The van der Waals surface area contributed by atoms with Crippen LogP contribution in [0.1, 0.15) is 40.3 Å². The van der Waals surface area contributed by atoms with Crippen molar-refractivity contribution in [2.24, 2.45) is 4.99 Å². The SMILES string of the molecule is C=N/C=C\C(=C)C.CC.CC.Cc1ccccn1. The van der Waals surface area contributed by atoms with Crippen LogP contribution in [0, 0.1) is 6.92 Å². The lowest BCUT2D eigenvalue weighted by atomic mass is 10.3. The van der Waals surface area contributed by atoms with E-state index < -0.39 is 0 Å². The summed E-state index contributed by atoms with van der Waals surface area (Å²) in [5.41, 5.74) is 2.06. The Labute approximate surface area is 113 Å². The van der Waals surface area contributed by atoms with E-state index >= 15 is 0 Å². The van der Waals surface area contributed by atoms with Gasteiger partial charge in [0.05, 0.1) is 0 Å². The first-order chi connectivity index (χ1) is 8.66. The molecular weight excluding hydrogens is 220 g/mol. The average molecular weight is 248 g/mol. The van der Waals surface area contributed by atoms with Gasteiger partial charge in [0.1, 0.15) is 0 Å². The standard InChI is InChI=1S/C6H7N.C6H9N.2C2H6/c1-6-4-2-3-5-7-6;1-6(2)4-5-7-3;2*1-2/h2-5H,1H3;4-5H,1,3H2,2H3;2*1-2H3/b;5-4-;;. The van der Waals surface area contributed by atoms with Gasteiger partial charge in [-0.25, -0.2) is 0 Å². The summed E-state index contributed by atoms with van der Waals surface area (Å²) in [5, 5.41) is 0. The van der Waals surface area contributed by atoms with Gasteiger partial charge < -0.3 is 0 Å². The zero-order valence-corrected chi connectivity index (χ0v) is 12.8. The Kier molecular flexibility index (Phi) is 24.8. The largest absolute Gasteiger partial charge is 0.273 e. The number of nitrogens with zero attached hydrogens (tertiary/aromatic N) is 2. The average Bonchev–Trinajstić information content (AvgIpc) is 2.42. The topological polar surface area (TPSA) is 25.2 Å². The molecule has 0 radical (unpaired) electrons. The number of aryl methyl sites for hydroxylation is 1. The summed E-state index contributed by atoms with van der Waals surface area (Å²) in [6.45, 7) is 18.7. The third kappa shape index (κ3) is 23.8. The molecular formula is C16H28N2. The molecule has 2 nitrogen and oxygen atoms in total. The van der Waals surface area contributed by atoms with E-state index in [-0.39, 0.29) is 0 Å². The maximum absolute atomic E-state index is 3.98. The van der Waals surface area contributed by atoms with Gasteiger partial charge in [0, 0.05) is 18.1 Å². The first-order valence-electron chi connectivity index (χ1n) is 6.32. The van der Waals surface area contributed by atoms with Gasteiger partial charge in [-0.3, -0.25) is 9.98 Å². The molecule has 0 N–H and O–H groups in total. The van der Waals surface area contributed by atoms with E-state index in [9.17, 15) is 0 Å². The maximum atomic E-state index is 3.98. The van der Waals surface area contributed by atoms with Crippen molar-refractivity contribution in [3.8, 4) is 0 Å². The van der Waals surface area contributed by atoms with Gasteiger partial charge in [-0.15, -0.1) is 0 Å². The number of pyridine rings is 1. The van der Waals surface area contributed by atoms with Crippen LogP contribution in [-0.2, 0) is 0 Å². The molecule has 0 spiro atoms. The van der Waals surface area contributed by atoms with Crippen LogP contribution in [0.15, 0.2) is 53.8 Å². The fourth-order valence-electron chi connectivity index (χ4n) is 0.628. The third-order valence-corrected chi connectivity index (χ3v) is 1.28. The van der Waals surface area contributed by atoms with Crippen molar-refractivity contribution >= 4 is 6.72 Å². The van der Waals surface area contributed by atoms with Crippen LogP contribution in [0.25, 0.3) is 0 Å². The van der Waals surface area contributed by atoms with E-state index in [4.69, 9.17) is 0 Å². The van der Waals surface area contributed by atoms with E-state index in [1.807, 2.05) is 59.7 Å². The molecule has 0 atom stereocenters. The van der Waals surface area contributed by atoms with Crippen LogP contribution in [0.5, 0.6) is 0 Å². The molecule has 0 fully saturated rings. The second-order valence-electron chi connectivity index (χ2n) is 2.82. The lowest BCUT2D eigenvalue weighted by Crippen LogP contribution is -1.72. The van der Waals surface area contributed by atoms with Crippen LogP contribution < -0.4 is 0 Å². The van der Waals surface area contributed by atoms with Crippen molar-refractivity contribution in [2.45, 2.75) is 41.5 Å². The highest BCUT2D eigenvalue weighted by Crippen LogP contribution is 1.87. The smallest absolute Gasteiger partial charge is 0.0372 e. The highest BCUT2D eigenvalue weighted by molar-refractivity contribution is 5.26. The zero-order chi connectivity index (χ0) is 14.8. The van der Waals surface area contributed by atoms with Gasteiger partial charge in [-0.1, -0.05) is 45.9 Å². The van der Waals surface area contributed by atoms with Crippen LogP contribution in [-0.4, -0.2) is 11.7 Å². The van der Waals surface area contributed by atoms with Crippen LogP contribution in [0.3, 0.4) is 0 Å². The molecule has 0 aromatic carbocycles. The van der Waals surface area contributed by atoms with Gasteiger partial charge >= 0.3 is 0 Å². The molecule has 0 amide bonds. The Morgan fingerprint density at radius 2 is 1.78 bits per heavy atom. The van der Waals surface area contributed by atoms with E-state index in [1.54, 1.807) is 18.5 Å². The molecule has 0 unspecified atom stereocenters. The van der Waals surface area contributed by atoms with E-state index in [0.29, 0.717) is 0 Å². The Morgan fingerprint density at radius 1 is 1.22 bits per heavy atom. The number of aromatic nitrogens is 1. The number of allylic oxidation sites excluding steroid dienone is 2. The molecule has 1 heterocycles. The first kappa shape index (κ1) is 21.6. The van der Waals surface area contributed by atoms with E-state index in [0.717, 1.165) is 11.3 Å². The highest BCUT2D eigenvalue weighted by Gasteiger charge is 1.73. The predicted molar refractivity (Wildman–Crippen MR) is 85.2 cm³/mol. The molecule has 1 rings (SSSR count). The molecule has 18 heavy (non-hydrogen) atoms. The van der Waals surface area contributed by atoms with E-state index in [1.165, 1.54) is 0 Å². The molecule has 0 saturated carbocycles. The molecule has 102 valence electrons. The van der Waals surface area contributed by atoms with E-state index in [2.05, 4.69) is 23.3 Å². The maximum Gasteiger partial charge on any atom is 0.0372 e. The lowest BCUT2D eigenvalue weighted by Gasteiger charge is -1.82. The monoisotopic (exact) mass is 248 g/mol. The second-order valence-corrected chi connectivity index (χ2v) is 2.82. The minimum atomic E-state index is 0.993. The number of rotatable bonds is 2. The summed E-state index contributed by atoms with van der Waals surface area (Å²) in [4.78, 5) is 7.46. The van der Waals surface area contributed by atoms with Crippen molar-refractivity contribution in [2.75, 3.05) is 0 Å². The molecule has 0 saturated heterocycles. The summed E-state index contributed by atoms with van der Waals surface area (Å²) >= 11 is 0. The third-order valence-electron chi connectivity index (χ3n) is 1.28. The first-order valence-corrected chi connectivity index (χ1v) is 6.32. The highest BCUT2D eigenvalue weighted by atomic mass is 14.6. The number of hydrogen-bond donors (Lipinski definition) is 0. The molecule has 1 aromatic rings. The van der Waals surface area contributed by atoms with Crippen molar-refractivity contribution in [1.29, 1.82) is 0 Å².